The average molecular weight is 367 g/mol. The maximum atomic E-state index is 5.92. The Hall–Kier alpha value is -1.26. The summed E-state index contributed by atoms with van der Waals surface area (Å²) in [5.41, 5.74) is 2.33. The fourth-order valence-electron chi connectivity index (χ4n) is 2.66. The highest BCUT2D eigenvalue weighted by molar-refractivity contribution is 9.10. The molecule has 0 aliphatic carbocycles. The Morgan fingerprint density at radius 2 is 1.90 bits per heavy atom. The van der Waals surface area contributed by atoms with Gasteiger partial charge in [0.15, 0.2) is 0 Å². The van der Waals surface area contributed by atoms with Crippen LogP contribution in [0.1, 0.15) is 12.8 Å². The number of rotatable bonds is 3. The second kappa shape index (κ2) is 6.67. The molecule has 0 amide bonds. The van der Waals surface area contributed by atoms with E-state index in [2.05, 4.69) is 61.5 Å². The predicted octanol–water partition coefficient (Wildman–Crippen LogP) is 4.58. The quantitative estimate of drug-likeness (QED) is 0.806. The Labute approximate surface area is 138 Å². The smallest absolute Gasteiger partial charge is 0.143 e. The number of halogens is 2. The highest BCUT2D eigenvalue weighted by Crippen LogP contribution is 2.25. The van der Waals surface area contributed by atoms with Crippen LogP contribution in [-0.2, 0) is 0 Å². The molecule has 1 aliphatic heterocycles. The van der Waals surface area contributed by atoms with E-state index in [-0.39, 0.29) is 0 Å². The second-order valence-corrected chi connectivity index (χ2v) is 6.45. The summed E-state index contributed by atoms with van der Waals surface area (Å²) >= 11 is 9.33. The van der Waals surface area contributed by atoms with E-state index in [1.165, 1.54) is 5.69 Å². The first-order valence-electron chi connectivity index (χ1n) is 7.10. The minimum absolute atomic E-state index is 0.486. The minimum atomic E-state index is 0.486. The van der Waals surface area contributed by atoms with Crippen molar-refractivity contribution >= 4 is 38.9 Å². The third-order valence-electron chi connectivity index (χ3n) is 3.78. The zero-order valence-corrected chi connectivity index (χ0v) is 13.9. The lowest BCUT2D eigenvalue weighted by Gasteiger charge is -2.34. The summed E-state index contributed by atoms with van der Waals surface area (Å²) in [7, 11) is 0. The molecule has 1 aromatic heterocycles. The molecule has 1 fully saturated rings. The van der Waals surface area contributed by atoms with Gasteiger partial charge in [0.25, 0.3) is 0 Å². The second-order valence-electron chi connectivity index (χ2n) is 5.24. The largest absolute Gasteiger partial charge is 0.381 e. The van der Waals surface area contributed by atoms with Crippen LogP contribution in [0.15, 0.2) is 47.1 Å². The van der Waals surface area contributed by atoms with E-state index >= 15 is 0 Å². The molecule has 1 aromatic carbocycles. The van der Waals surface area contributed by atoms with Gasteiger partial charge in [0.1, 0.15) is 5.15 Å². The van der Waals surface area contributed by atoms with Gasteiger partial charge in [-0.2, -0.15) is 0 Å². The molecule has 3 rings (SSSR count). The molecule has 1 saturated heterocycles. The summed E-state index contributed by atoms with van der Waals surface area (Å²) in [6.07, 6.45) is 4.03. The third kappa shape index (κ3) is 3.69. The van der Waals surface area contributed by atoms with E-state index in [0.29, 0.717) is 11.2 Å². The highest BCUT2D eigenvalue weighted by Gasteiger charge is 2.19. The molecular formula is C16H17BrClN3. The van der Waals surface area contributed by atoms with Crippen LogP contribution < -0.4 is 10.2 Å². The van der Waals surface area contributed by atoms with E-state index in [1.807, 2.05) is 6.07 Å². The molecular weight excluding hydrogens is 350 g/mol. The van der Waals surface area contributed by atoms with E-state index < -0.39 is 0 Å². The molecule has 2 heterocycles. The molecule has 21 heavy (non-hydrogen) atoms. The van der Waals surface area contributed by atoms with Crippen molar-refractivity contribution < 1.29 is 0 Å². The first-order chi connectivity index (χ1) is 10.2. The Morgan fingerprint density at radius 3 is 2.57 bits per heavy atom. The number of piperidine rings is 1. The van der Waals surface area contributed by atoms with Crippen molar-refractivity contribution in [2.45, 2.75) is 18.9 Å². The lowest BCUT2D eigenvalue weighted by molar-refractivity contribution is 0.526. The standard InChI is InChI=1S/C16H17BrClN3/c17-15-10-13(11-19-16(15)18)20-12-6-8-21(9-7-12)14-4-2-1-3-5-14/h1-5,10-12,20H,6-9H2. The Morgan fingerprint density at radius 1 is 1.19 bits per heavy atom. The monoisotopic (exact) mass is 365 g/mol. The van der Waals surface area contributed by atoms with Crippen molar-refractivity contribution in [1.29, 1.82) is 0 Å². The lowest BCUT2D eigenvalue weighted by atomic mass is 10.0. The number of benzene rings is 1. The van der Waals surface area contributed by atoms with Crippen LogP contribution in [0, 0.1) is 0 Å². The van der Waals surface area contributed by atoms with Gasteiger partial charge in [0.05, 0.1) is 16.4 Å². The zero-order chi connectivity index (χ0) is 14.7. The van der Waals surface area contributed by atoms with Crippen LogP contribution in [0.3, 0.4) is 0 Å². The normalized spacial score (nSPS) is 16.0. The van der Waals surface area contributed by atoms with Gasteiger partial charge in [0.2, 0.25) is 0 Å². The van der Waals surface area contributed by atoms with E-state index in [9.17, 15) is 0 Å². The van der Waals surface area contributed by atoms with Crippen LogP contribution in [0.25, 0.3) is 0 Å². The Balaban J connectivity index is 1.57. The van der Waals surface area contributed by atoms with Crippen molar-refractivity contribution in [3.8, 4) is 0 Å². The summed E-state index contributed by atoms with van der Waals surface area (Å²) in [6.45, 7) is 2.15. The van der Waals surface area contributed by atoms with E-state index in [4.69, 9.17) is 11.6 Å². The Bertz CT molecular complexity index is 598. The van der Waals surface area contributed by atoms with Gasteiger partial charge in [-0.1, -0.05) is 29.8 Å². The number of nitrogens with one attached hydrogen (secondary N) is 1. The number of hydrogen-bond donors (Lipinski definition) is 1. The SMILES string of the molecule is Clc1ncc(NC2CCN(c3ccccc3)CC2)cc1Br. The summed E-state index contributed by atoms with van der Waals surface area (Å²) in [5.74, 6) is 0. The first-order valence-corrected chi connectivity index (χ1v) is 8.27. The molecule has 0 unspecified atom stereocenters. The number of nitrogens with zero attached hydrogens (tertiary/aromatic N) is 2. The van der Waals surface area contributed by atoms with Gasteiger partial charge in [-0.05, 0) is 47.0 Å². The van der Waals surface area contributed by atoms with Gasteiger partial charge in [-0.3, -0.25) is 0 Å². The van der Waals surface area contributed by atoms with Crippen molar-refractivity contribution in [2.24, 2.45) is 0 Å². The van der Waals surface area contributed by atoms with Gasteiger partial charge >= 0.3 is 0 Å². The third-order valence-corrected chi connectivity index (χ3v) is 4.92. The summed E-state index contributed by atoms with van der Waals surface area (Å²) in [6, 6.07) is 13.1. The van der Waals surface area contributed by atoms with Crippen molar-refractivity contribution in [2.75, 3.05) is 23.3 Å². The summed E-state index contributed by atoms with van der Waals surface area (Å²) < 4.78 is 0.830. The van der Waals surface area contributed by atoms with Gasteiger partial charge in [-0.25, -0.2) is 4.98 Å². The molecule has 0 saturated carbocycles. The molecule has 1 aliphatic rings. The fourth-order valence-corrected chi connectivity index (χ4v) is 3.11. The first kappa shape index (κ1) is 14.7. The van der Waals surface area contributed by atoms with Gasteiger partial charge < -0.3 is 10.2 Å². The van der Waals surface area contributed by atoms with Crippen molar-refractivity contribution in [3.63, 3.8) is 0 Å². The van der Waals surface area contributed by atoms with Gasteiger partial charge in [0, 0.05) is 24.8 Å². The number of aromatic nitrogens is 1. The fraction of sp³-hybridized carbons (Fsp3) is 0.312. The number of hydrogen-bond acceptors (Lipinski definition) is 3. The molecule has 0 spiro atoms. The summed E-state index contributed by atoms with van der Waals surface area (Å²) in [5, 5.41) is 4.04. The molecule has 110 valence electrons. The topological polar surface area (TPSA) is 28.2 Å². The van der Waals surface area contributed by atoms with Crippen LogP contribution in [0.4, 0.5) is 11.4 Å². The molecule has 0 atom stereocenters. The molecule has 5 heteroatoms. The van der Waals surface area contributed by atoms with Crippen molar-refractivity contribution in [3.05, 3.63) is 52.2 Å². The average Bonchev–Trinajstić information content (AvgIpc) is 2.53. The maximum Gasteiger partial charge on any atom is 0.143 e. The van der Waals surface area contributed by atoms with E-state index in [0.717, 1.165) is 36.1 Å². The van der Waals surface area contributed by atoms with Crippen LogP contribution in [0.5, 0.6) is 0 Å². The molecule has 0 radical (unpaired) electrons. The minimum Gasteiger partial charge on any atom is -0.381 e. The molecule has 2 aromatic rings. The zero-order valence-electron chi connectivity index (χ0n) is 11.6. The Kier molecular flexibility index (Phi) is 4.66. The van der Waals surface area contributed by atoms with Crippen molar-refractivity contribution in [1.82, 2.24) is 4.98 Å². The molecule has 0 bridgehead atoms. The lowest BCUT2D eigenvalue weighted by Crippen LogP contribution is -2.39. The van der Waals surface area contributed by atoms with Crippen LogP contribution >= 0.6 is 27.5 Å². The highest BCUT2D eigenvalue weighted by atomic mass is 79.9. The predicted molar refractivity (Wildman–Crippen MR) is 92.2 cm³/mol. The van der Waals surface area contributed by atoms with Gasteiger partial charge in [-0.15, -0.1) is 0 Å². The van der Waals surface area contributed by atoms with Crippen LogP contribution in [-0.4, -0.2) is 24.1 Å². The van der Waals surface area contributed by atoms with Crippen LogP contribution in [0.2, 0.25) is 5.15 Å². The number of para-hydroxylation sites is 1. The number of anilines is 2. The van der Waals surface area contributed by atoms with E-state index in [1.54, 1.807) is 6.20 Å². The number of pyridine rings is 1. The molecule has 3 nitrogen and oxygen atoms in total. The summed E-state index contributed by atoms with van der Waals surface area (Å²) in [4.78, 5) is 6.59. The molecule has 1 N–H and O–H groups in total. The maximum absolute atomic E-state index is 5.92.